The number of amides is 1. The summed E-state index contributed by atoms with van der Waals surface area (Å²) in [6.07, 6.45) is 1.66. The first-order valence-electron chi connectivity index (χ1n) is 8.52. The van der Waals surface area contributed by atoms with Gasteiger partial charge in [-0.2, -0.15) is 0 Å². The topological polar surface area (TPSA) is 76.1 Å². The Bertz CT molecular complexity index is 646. The fraction of sp³-hybridized carbons (Fsp3) is 0.556. The van der Waals surface area contributed by atoms with Gasteiger partial charge in [0.1, 0.15) is 5.82 Å². The maximum absolute atomic E-state index is 13.9. The fourth-order valence-electron chi connectivity index (χ4n) is 2.84. The van der Waals surface area contributed by atoms with E-state index >= 15 is 0 Å². The van der Waals surface area contributed by atoms with Crippen molar-refractivity contribution < 1.29 is 28.6 Å². The van der Waals surface area contributed by atoms with Crippen molar-refractivity contribution in [2.24, 2.45) is 5.92 Å². The molecule has 1 N–H and O–H groups in total. The van der Waals surface area contributed by atoms with Crippen molar-refractivity contribution >= 4 is 11.9 Å². The molecule has 25 heavy (non-hydrogen) atoms. The Kier molecular flexibility index (Phi) is 5.65. The molecule has 0 radical (unpaired) electrons. The highest BCUT2D eigenvalue weighted by molar-refractivity contribution is 5.94. The highest BCUT2D eigenvalue weighted by atomic mass is 19.1. The van der Waals surface area contributed by atoms with Crippen LogP contribution in [-0.4, -0.2) is 54.3 Å². The summed E-state index contributed by atoms with van der Waals surface area (Å²) in [5.41, 5.74) is 0.740. The zero-order chi connectivity index (χ0) is 17.8. The Labute approximate surface area is 145 Å². The molecule has 1 aromatic carbocycles. The number of ether oxygens (including phenoxy) is 2. The van der Waals surface area contributed by atoms with Crippen LogP contribution in [0.1, 0.15) is 35.2 Å². The third-order valence-corrected chi connectivity index (χ3v) is 4.43. The van der Waals surface area contributed by atoms with E-state index in [9.17, 15) is 14.0 Å². The van der Waals surface area contributed by atoms with Crippen LogP contribution in [0, 0.1) is 11.7 Å². The highest BCUT2D eigenvalue weighted by Gasteiger charge is 2.27. The Morgan fingerprint density at radius 1 is 1.36 bits per heavy atom. The molecule has 0 aromatic heterocycles. The SMILES string of the molecule is O=C(O)CC1CN(C(=O)c2ccc(F)c(COCC3CC3)c2)CCO1. The minimum absolute atomic E-state index is 0.145. The van der Waals surface area contributed by atoms with Crippen LogP contribution >= 0.6 is 0 Å². The summed E-state index contributed by atoms with van der Waals surface area (Å²) < 4.78 is 24.8. The molecular formula is C18H22FNO5. The van der Waals surface area contributed by atoms with Crippen LogP contribution in [0.4, 0.5) is 4.39 Å². The number of morpholine rings is 1. The maximum atomic E-state index is 13.9. The summed E-state index contributed by atoms with van der Waals surface area (Å²) in [5, 5.41) is 8.86. The zero-order valence-corrected chi connectivity index (χ0v) is 13.9. The van der Waals surface area contributed by atoms with E-state index in [0.717, 1.165) is 12.8 Å². The van der Waals surface area contributed by atoms with Gasteiger partial charge in [-0.05, 0) is 37.0 Å². The van der Waals surface area contributed by atoms with Crippen molar-refractivity contribution in [2.75, 3.05) is 26.3 Å². The van der Waals surface area contributed by atoms with Crippen LogP contribution in [0.25, 0.3) is 0 Å². The van der Waals surface area contributed by atoms with Crippen molar-refractivity contribution in [2.45, 2.75) is 32.0 Å². The van der Waals surface area contributed by atoms with Gasteiger partial charge in [0.15, 0.2) is 0 Å². The number of nitrogens with zero attached hydrogens (tertiary/aromatic N) is 1. The summed E-state index contributed by atoms with van der Waals surface area (Å²) >= 11 is 0. The Morgan fingerprint density at radius 2 is 2.16 bits per heavy atom. The van der Waals surface area contributed by atoms with Gasteiger partial charge in [0.25, 0.3) is 5.91 Å². The zero-order valence-electron chi connectivity index (χ0n) is 13.9. The lowest BCUT2D eigenvalue weighted by atomic mass is 10.1. The third-order valence-electron chi connectivity index (χ3n) is 4.43. The van der Waals surface area contributed by atoms with Gasteiger partial charge in [-0.1, -0.05) is 0 Å². The van der Waals surface area contributed by atoms with Crippen LogP contribution in [0.5, 0.6) is 0 Å². The average Bonchev–Trinajstić information content (AvgIpc) is 3.40. The summed E-state index contributed by atoms with van der Waals surface area (Å²) in [7, 11) is 0. The predicted molar refractivity (Wildman–Crippen MR) is 86.7 cm³/mol. The minimum Gasteiger partial charge on any atom is -0.481 e. The van der Waals surface area contributed by atoms with Crippen LogP contribution in [0.3, 0.4) is 0 Å². The standard InChI is InChI=1S/C18H22FNO5/c19-16-4-3-13(7-14(16)11-24-10-12-1-2-12)18(23)20-5-6-25-15(9-20)8-17(21)22/h3-4,7,12,15H,1-2,5-6,8-11H2,(H,21,22). The van der Waals surface area contributed by atoms with E-state index in [2.05, 4.69) is 0 Å². The number of carboxylic acids is 1. The van der Waals surface area contributed by atoms with Crippen LogP contribution in [-0.2, 0) is 20.9 Å². The van der Waals surface area contributed by atoms with Crippen LogP contribution in [0.15, 0.2) is 18.2 Å². The normalized spacial score (nSPS) is 20.5. The fourth-order valence-corrected chi connectivity index (χ4v) is 2.84. The van der Waals surface area contributed by atoms with Crippen LogP contribution < -0.4 is 0 Å². The third kappa shape index (κ3) is 4.99. The van der Waals surface area contributed by atoms with Gasteiger partial charge in [0.2, 0.25) is 0 Å². The number of halogens is 1. The molecule has 1 aromatic rings. The largest absolute Gasteiger partial charge is 0.481 e. The Hall–Kier alpha value is -1.99. The van der Waals surface area contributed by atoms with Crippen molar-refractivity contribution in [3.05, 3.63) is 35.1 Å². The number of aliphatic carboxylic acids is 1. The van der Waals surface area contributed by atoms with Crippen molar-refractivity contribution in [3.63, 3.8) is 0 Å². The van der Waals surface area contributed by atoms with E-state index in [1.54, 1.807) is 4.90 Å². The lowest BCUT2D eigenvalue weighted by Crippen LogP contribution is -2.46. The number of hydrogen-bond acceptors (Lipinski definition) is 4. The van der Waals surface area contributed by atoms with Gasteiger partial charge < -0.3 is 19.5 Å². The van der Waals surface area contributed by atoms with E-state index < -0.39 is 17.9 Å². The molecular weight excluding hydrogens is 329 g/mol. The van der Waals surface area contributed by atoms with Gasteiger partial charge in [0.05, 0.1) is 25.7 Å². The molecule has 136 valence electrons. The minimum atomic E-state index is -0.962. The molecule has 6 nitrogen and oxygen atoms in total. The number of benzene rings is 1. The number of carbonyl (C=O) groups excluding carboxylic acids is 1. The summed E-state index contributed by atoms with van der Waals surface area (Å²) in [6, 6.07) is 4.24. The number of hydrogen-bond donors (Lipinski definition) is 1. The van der Waals surface area contributed by atoms with Gasteiger partial charge >= 0.3 is 5.97 Å². The number of carboxylic acid groups (broad SMARTS) is 1. The molecule has 1 heterocycles. The smallest absolute Gasteiger partial charge is 0.306 e. The lowest BCUT2D eigenvalue weighted by molar-refractivity contribution is -0.141. The molecule has 1 saturated carbocycles. The Morgan fingerprint density at radius 3 is 2.88 bits per heavy atom. The predicted octanol–water partition coefficient (Wildman–Crippen LogP) is 2.07. The second kappa shape index (κ2) is 7.93. The molecule has 0 spiro atoms. The second-order valence-electron chi connectivity index (χ2n) is 6.61. The van der Waals surface area contributed by atoms with Gasteiger partial charge in [0, 0.05) is 30.8 Å². The molecule has 1 saturated heterocycles. The quantitative estimate of drug-likeness (QED) is 0.814. The van der Waals surface area contributed by atoms with Crippen molar-refractivity contribution in [1.29, 1.82) is 0 Å². The summed E-state index contributed by atoms with van der Waals surface area (Å²) in [4.78, 5) is 25.0. The van der Waals surface area contributed by atoms with E-state index in [1.165, 1.54) is 18.2 Å². The van der Waals surface area contributed by atoms with E-state index in [0.29, 0.717) is 36.8 Å². The molecule has 2 fully saturated rings. The first-order valence-corrected chi connectivity index (χ1v) is 8.52. The van der Waals surface area contributed by atoms with Gasteiger partial charge in [-0.25, -0.2) is 4.39 Å². The average molecular weight is 351 g/mol. The molecule has 2 aliphatic rings. The first-order chi connectivity index (χ1) is 12.0. The lowest BCUT2D eigenvalue weighted by Gasteiger charge is -2.32. The molecule has 3 rings (SSSR count). The number of carbonyl (C=O) groups is 2. The molecule has 1 unspecified atom stereocenters. The summed E-state index contributed by atoms with van der Waals surface area (Å²) in [6.45, 7) is 1.67. The molecule has 1 amide bonds. The molecule has 1 aliphatic heterocycles. The van der Waals surface area contributed by atoms with E-state index in [-0.39, 0.29) is 25.5 Å². The maximum Gasteiger partial charge on any atom is 0.306 e. The van der Waals surface area contributed by atoms with Crippen molar-refractivity contribution in [1.82, 2.24) is 4.90 Å². The summed E-state index contributed by atoms with van der Waals surface area (Å²) in [5.74, 6) is -1.01. The highest BCUT2D eigenvalue weighted by Crippen LogP contribution is 2.29. The Balaban J connectivity index is 1.63. The molecule has 1 aliphatic carbocycles. The molecule has 1 atom stereocenters. The molecule has 0 bridgehead atoms. The van der Waals surface area contributed by atoms with E-state index in [4.69, 9.17) is 14.6 Å². The van der Waals surface area contributed by atoms with E-state index in [1.807, 2.05) is 0 Å². The number of rotatable bonds is 7. The molecule has 7 heteroatoms. The van der Waals surface area contributed by atoms with Crippen LogP contribution in [0.2, 0.25) is 0 Å². The first kappa shape index (κ1) is 17.8. The van der Waals surface area contributed by atoms with Gasteiger partial charge in [-0.15, -0.1) is 0 Å². The monoisotopic (exact) mass is 351 g/mol. The van der Waals surface area contributed by atoms with Crippen molar-refractivity contribution in [3.8, 4) is 0 Å². The van der Waals surface area contributed by atoms with Gasteiger partial charge in [-0.3, -0.25) is 9.59 Å². The second-order valence-corrected chi connectivity index (χ2v) is 6.61.